The van der Waals surface area contributed by atoms with E-state index in [1.165, 1.54) is 0 Å². The smallest absolute Gasteiger partial charge is 0.312 e. The van der Waals surface area contributed by atoms with Gasteiger partial charge in [-0.05, 0) is 39.3 Å². The van der Waals surface area contributed by atoms with Crippen LogP contribution < -0.4 is 11.1 Å². The Labute approximate surface area is 125 Å². The van der Waals surface area contributed by atoms with E-state index in [1.54, 1.807) is 0 Å². The third kappa shape index (κ3) is 4.17. The van der Waals surface area contributed by atoms with Gasteiger partial charge in [0.25, 0.3) is 0 Å². The van der Waals surface area contributed by atoms with Gasteiger partial charge in [0.15, 0.2) is 0 Å². The third-order valence-electron chi connectivity index (χ3n) is 4.09. The van der Waals surface area contributed by atoms with Gasteiger partial charge < -0.3 is 15.5 Å². The molecule has 21 heavy (non-hydrogen) atoms. The minimum absolute atomic E-state index is 0.0874. The molecule has 1 aromatic heterocycles. The largest absolute Gasteiger partial charge is 0.408 e. The van der Waals surface area contributed by atoms with E-state index in [1.807, 2.05) is 6.92 Å². The van der Waals surface area contributed by atoms with Crippen LogP contribution in [0.3, 0.4) is 0 Å². The zero-order valence-electron chi connectivity index (χ0n) is 12.8. The molecule has 0 saturated carbocycles. The second kappa shape index (κ2) is 7.40. The number of nitrogen functional groups attached to an aromatic ring is 1. The molecule has 0 aromatic carbocycles. The van der Waals surface area contributed by atoms with Gasteiger partial charge in [0, 0.05) is 12.5 Å². The molecule has 3 N–H and O–H groups in total. The van der Waals surface area contributed by atoms with Crippen molar-refractivity contribution in [2.75, 3.05) is 25.4 Å². The average Bonchev–Trinajstić information content (AvgIpc) is 2.93. The summed E-state index contributed by atoms with van der Waals surface area (Å²) < 4.78 is 5.29. The van der Waals surface area contributed by atoms with Gasteiger partial charge in [-0.15, -0.1) is 5.10 Å². The Morgan fingerprint density at radius 3 is 2.76 bits per heavy atom. The first kappa shape index (κ1) is 15.8. The van der Waals surface area contributed by atoms with E-state index in [0.717, 1.165) is 45.3 Å². The van der Waals surface area contributed by atoms with Gasteiger partial charge in [0.05, 0.1) is 6.04 Å². The maximum absolute atomic E-state index is 12.1. The third-order valence-corrected chi connectivity index (χ3v) is 4.09. The first-order valence-electron chi connectivity index (χ1n) is 7.72. The predicted octanol–water partition coefficient (Wildman–Crippen LogP) is 1.14. The Morgan fingerprint density at radius 1 is 1.48 bits per heavy atom. The zero-order valence-corrected chi connectivity index (χ0v) is 12.8. The van der Waals surface area contributed by atoms with Crippen LogP contribution >= 0.6 is 0 Å². The predicted molar refractivity (Wildman–Crippen MR) is 79.6 cm³/mol. The highest BCUT2D eigenvalue weighted by molar-refractivity contribution is 5.81. The fourth-order valence-corrected chi connectivity index (χ4v) is 2.65. The Morgan fingerprint density at radius 2 is 2.19 bits per heavy atom. The van der Waals surface area contributed by atoms with Crippen molar-refractivity contribution in [3.05, 3.63) is 5.89 Å². The van der Waals surface area contributed by atoms with Gasteiger partial charge in [-0.3, -0.25) is 9.69 Å². The number of nitrogens with one attached hydrogen (secondary N) is 1. The van der Waals surface area contributed by atoms with Gasteiger partial charge in [0.1, 0.15) is 0 Å². The van der Waals surface area contributed by atoms with E-state index in [4.69, 9.17) is 10.2 Å². The highest BCUT2D eigenvalue weighted by Crippen LogP contribution is 2.28. The summed E-state index contributed by atoms with van der Waals surface area (Å²) in [4.78, 5) is 14.3. The van der Waals surface area contributed by atoms with Gasteiger partial charge in [-0.25, -0.2) is 0 Å². The number of amides is 1. The lowest BCUT2D eigenvalue weighted by molar-refractivity contribution is -0.126. The van der Waals surface area contributed by atoms with Crippen molar-refractivity contribution in [2.45, 2.75) is 51.5 Å². The number of likely N-dealkylation sites (tertiary alicyclic amines) is 1. The van der Waals surface area contributed by atoms with Crippen LogP contribution in [0.5, 0.6) is 0 Å². The number of nitrogens with zero attached hydrogens (tertiary/aromatic N) is 3. The summed E-state index contributed by atoms with van der Waals surface area (Å²) in [5.41, 5.74) is 5.45. The fraction of sp³-hybridized carbons (Fsp3) is 0.786. The summed E-state index contributed by atoms with van der Waals surface area (Å²) in [5, 5.41) is 10.6. The van der Waals surface area contributed by atoms with Crippen LogP contribution in [-0.2, 0) is 4.79 Å². The second-order valence-corrected chi connectivity index (χ2v) is 5.61. The van der Waals surface area contributed by atoms with Crippen molar-refractivity contribution in [2.24, 2.45) is 0 Å². The van der Waals surface area contributed by atoms with Crippen LogP contribution in [0.2, 0.25) is 0 Å². The zero-order chi connectivity index (χ0) is 15.2. The molecule has 2 rings (SSSR count). The minimum Gasteiger partial charge on any atom is -0.408 e. The maximum atomic E-state index is 12.1. The molecule has 1 fully saturated rings. The fourth-order valence-electron chi connectivity index (χ4n) is 2.65. The quantitative estimate of drug-likeness (QED) is 0.764. The number of carbonyl (C=O) groups excluding carboxylic acids is 1. The molecule has 1 saturated heterocycles. The number of rotatable bonds is 6. The number of anilines is 1. The van der Waals surface area contributed by atoms with E-state index in [2.05, 4.69) is 27.3 Å². The molecule has 1 atom stereocenters. The Bertz CT molecular complexity index is 454. The van der Waals surface area contributed by atoms with Gasteiger partial charge in [-0.2, -0.15) is 0 Å². The molecule has 2 heterocycles. The first-order valence-corrected chi connectivity index (χ1v) is 7.72. The standard InChI is InChI=1S/C14H25N5O2/c1-3-4-7-16-12(20)10(2)19-8-5-11(6-9-19)13-17-18-14(15)21-13/h10-11H,3-9H2,1-2H3,(H2,15,18)(H,16,20). The lowest BCUT2D eigenvalue weighted by Gasteiger charge is -2.34. The van der Waals surface area contributed by atoms with Gasteiger partial charge >= 0.3 is 6.01 Å². The number of hydrogen-bond acceptors (Lipinski definition) is 6. The van der Waals surface area contributed by atoms with Crippen molar-refractivity contribution in [3.8, 4) is 0 Å². The Hall–Kier alpha value is -1.63. The highest BCUT2D eigenvalue weighted by atomic mass is 16.4. The summed E-state index contributed by atoms with van der Waals surface area (Å²) >= 11 is 0. The Balaban J connectivity index is 1.78. The number of carbonyl (C=O) groups is 1. The molecular formula is C14H25N5O2. The molecule has 118 valence electrons. The first-order chi connectivity index (χ1) is 10.1. The molecule has 0 bridgehead atoms. The number of nitrogens with two attached hydrogens (primary N) is 1. The molecule has 0 radical (unpaired) electrons. The van der Waals surface area contributed by atoms with E-state index >= 15 is 0 Å². The molecule has 1 aliphatic heterocycles. The molecule has 0 spiro atoms. The summed E-state index contributed by atoms with van der Waals surface area (Å²) in [5.74, 6) is 0.984. The summed E-state index contributed by atoms with van der Waals surface area (Å²) in [6.07, 6.45) is 3.94. The summed E-state index contributed by atoms with van der Waals surface area (Å²) in [6.45, 7) is 6.55. The van der Waals surface area contributed by atoms with Crippen molar-refractivity contribution < 1.29 is 9.21 Å². The van der Waals surface area contributed by atoms with Crippen molar-refractivity contribution >= 4 is 11.9 Å². The van der Waals surface area contributed by atoms with Crippen LogP contribution in [-0.4, -0.2) is 46.7 Å². The van der Waals surface area contributed by atoms with Crippen molar-refractivity contribution in [3.63, 3.8) is 0 Å². The molecule has 7 heteroatoms. The Kier molecular flexibility index (Phi) is 5.55. The van der Waals surface area contributed by atoms with Crippen LogP contribution in [0.1, 0.15) is 51.3 Å². The van der Waals surface area contributed by atoms with Crippen LogP contribution in [0.15, 0.2) is 4.42 Å². The van der Waals surface area contributed by atoms with E-state index in [9.17, 15) is 4.79 Å². The van der Waals surface area contributed by atoms with Crippen LogP contribution in [0.4, 0.5) is 6.01 Å². The molecule has 1 aliphatic rings. The SMILES string of the molecule is CCCCNC(=O)C(C)N1CCC(c2nnc(N)o2)CC1. The van der Waals surface area contributed by atoms with E-state index < -0.39 is 0 Å². The van der Waals surface area contributed by atoms with Crippen molar-refractivity contribution in [1.82, 2.24) is 20.4 Å². The molecule has 1 amide bonds. The van der Waals surface area contributed by atoms with Crippen LogP contribution in [0, 0.1) is 0 Å². The molecular weight excluding hydrogens is 270 g/mol. The van der Waals surface area contributed by atoms with E-state index in [-0.39, 0.29) is 23.9 Å². The summed E-state index contributed by atoms with van der Waals surface area (Å²) in [7, 11) is 0. The average molecular weight is 295 g/mol. The van der Waals surface area contributed by atoms with Crippen LogP contribution in [0.25, 0.3) is 0 Å². The number of hydrogen-bond donors (Lipinski definition) is 2. The molecule has 1 unspecified atom stereocenters. The maximum Gasteiger partial charge on any atom is 0.312 e. The topological polar surface area (TPSA) is 97.3 Å². The number of unbranched alkanes of at least 4 members (excludes halogenated alkanes) is 1. The minimum atomic E-state index is -0.0874. The molecule has 0 aliphatic carbocycles. The van der Waals surface area contributed by atoms with E-state index in [0.29, 0.717) is 5.89 Å². The highest BCUT2D eigenvalue weighted by Gasteiger charge is 2.29. The van der Waals surface area contributed by atoms with Gasteiger partial charge in [-0.1, -0.05) is 18.4 Å². The summed E-state index contributed by atoms with van der Waals surface area (Å²) in [6, 6.07) is 0.0339. The monoisotopic (exact) mass is 295 g/mol. The number of aromatic nitrogens is 2. The van der Waals surface area contributed by atoms with Crippen molar-refractivity contribution in [1.29, 1.82) is 0 Å². The molecule has 1 aromatic rings. The van der Waals surface area contributed by atoms with Gasteiger partial charge in [0.2, 0.25) is 11.8 Å². The lowest BCUT2D eigenvalue weighted by atomic mass is 9.96. The molecule has 7 nitrogen and oxygen atoms in total. The lowest BCUT2D eigenvalue weighted by Crippen LogP contribution is -2.48. The second-order valence-electron chi connectivity index (χ2n) is 5.61. The normalized spacial score (nSPS) is 18.6. The number of piperidine rings is 1.